The predicted octanol–water partition coefficient (Wildman–Crippen LogP) is 6.05. The summed E-state index contributed by atoms with van der Waals surface area (Å²) in [6.07, 6.45) is 0.867. The number of fused-ring (bicyclic) bond motifs is 1. The summed E-state index contributed by atoms with van der Waals surface area (Å²) >= 11 is 0. The normalized spacial score (nSPS) is 11.8. The molecule has 1 N–H and O–H groups in total. The monoisotopic (exact) mass is 453 g/mol. The Balaban J connectivity index is 1.69. The van der Waals surface area contributed by atoms with Gasteiger partial charge < -0.3 is 4.98 Å². The van der Waals surface area contributed by atoms with Gasteiger partial charge in [0.15, 0.2) is 5.65 Å². The number of imidazole rings is 1. The SMILES string of the molecule is Fc1cnccc1-c1cc2nc(-c3ccc(C(F)(F)F)c(F)c3)[nH]c2nc1-c1cccnc1. The van der Waals surface area contributed by atoms with Crippen LogP contribution in [0.2, 0.25) is 0 Å². The standard InChI is InChI=1S/C23H12F5N5/c24-17-8-12(3-4-16(17)23(26,27)28)21-31-19-9-15(14-5-7-30-11-18(14)25)20(32-22(19)33-21)13-2-1-6-29-10-13/h1-11H,(H,31,32,33). The minimum Gasteiger partial charge on any atom is -0.323 e. The summed E-state index contributed by atoms with van der Waals surface area (Å²) in [5.74, 6) is -1.86. The zero-order chi connectivity index (χ0) is 23.2. The molecule has 0 radical (unpaired) electrons. The maximum atomic E-state index is 14.6. The Morgan fingerprint density at radius 3 is 2.27 bits per heavy atom. The maximum absolute atomic E-state index is 14.6. The summed E-state index contributed by atoms with van der Waals surface area (Å²) in [6, 6.07) is 9.09. The van der Waals surface area contributed by atoms with Gasteiger partial charge in [-0.15, -0.1) is 0 Å². The van der Waals surface area contributed by atoms with Crippen LogP contribution in [0.1, 0.15) is 5.56 Å². The first-order valence-electron chi connectivity index (χ1n) is 9.59. The summed E-state index contributed by atoms with van der Waals surface area (Å²) in [5, 5.41) is 0. The number of hydrogen-bond donors (Lipinski definition) is 1. The molecule has 5 aromatic rings. The quantitative estimate of drug-likeness (QED) is 0.338. The summed E-state index contributed by atoms with van der Waals surface area (Å²) < 4.78 is 67.3. The first-order chi connectivity index (χ1) is 15.8. The Kier molecular flexibility index (Phi) is 4.85. The number of benzene rings is 1. The molecular formula is C23H12F5N5. The van der Waals surface area contributed by atoms with Crippen molar-refractivity contribution in [2.45, 2.75) is 6.18 Å². The van der Waals surface area contributed by atoms with E-state index in [1.54, 1.807) is 30.6 Å². The molecule has 33 heavy (non-hydrogen) atoms. The van der Waals surface area contributed by atoms with Crippen LogP contribution in [0, 0.1) is 11.6 Å². The number of rotatable bonds is 3. The number of H-pyrrole nitrogens is 1. The van der Waals surface area contributed by atoms with Gasteiger partial charge >= 0.3 is 6.18 Å². The topological polar surface area (TPSA) is 67.3 Å². The largest absolute Gasteiger partial charge is 0.419 e. The second-order valence-corrected chi connectivity index (χ2v) is 7.13. The van der Waals surface area contributed by atoms with Gasteiger partial charge in [0.1, 0.15) is 23.0 Å². The van der Waals surface area contributed by atoms with Crippen LogP contribution in [0.5, 0.6) is 0 Å². The third-order valence-corrected chi connectivity index (χ3v) is 5.02. The van der Waals surface area contributed by atoms with E-state index in [9.17, 15) is 22.0 Å². The van der Waals surface area contributed by atoms with Crippen molar-refractivity contribution in [2.75, 3.05) is 0 Å². The first-order valence-corrected chi connectivity index (χ1v) is 9.59. The smallest absolute Gasteiger partial charge is 0.323 e. The molecule has 0 saturated carbocycles. The van der Waals surface area contributed by atoms with Gasteiger partial charge in [-0.25, -0.2) is 18.7 Å². The highest BCUT2D eigenvalue weighted by Crippen LogP contribution is 2.36. The van der Waals surface area contributed by atoms with Crippen molar-refractivity contribution in [1.29, 1.82) is 0 Å². The number of nitrogens with zero attached hydrogens (tertiary/aromatic N) is 4. The van der Waals surface area contributed by atoms with E-state index in [0.717, 1.165) is 18.3 Å². The third kappa shape index (κ3) is 3.79. The van der Waals surface area contributed by atoms with E-state index in [2.05, 4.69) is 24.9 Å². The average Bonchev–Trinajstić information content (AvgIpc) is 3.21. The molecule has 0 aliphatic rings. The molecule has 1 aromatic carbocycles. The van der Waals surface area contributed by atoms with Crippen molar-refractivity contribution >= 4 is 11.2 Å². The van der Waals surface area contributed by atoms with Crippen molar-refractivity contribution < 1.29 is 22.0 Å². The molecule has 164 valence electrons. The zero-order valence-electron chi connectivity index (χ0n) is 16.5. The van der Waals surface area contributed by atoms with E-state index in [4.69, 9.17) is 0 Å². The summed E-state index contributed by atoms with van der Waals surface area (Å²) in [5.41, 5.74) is 1.05. The Bertz CT molecular complexity index is 1480. The van der Waals surface area contributed by atoms with Crippen LogP contribution in [-0.2, 0) is 6.18 Å². The third-order valence-electron chi connectivity index (χ3n) is 5.02. The van der Waals surface area contributed by atoms with Crippen molar-refractivity contribution in [3.8, 4) is 33.8 Å². The lowest BCUT2D eigenvalue weighted by Crippen LogP contribution is -2.07. The highest BCUT2D eigenvalue weighted by Gasteiger charge is 2.34. The Morgan fingerprint density at radius 2 is 1.58 bits per heavy atom. The van der Waals surface area contributed by atoms with Crippen molar-refractivity contribution in [1.82, 2.24) is 24.9 Å². The van der Waals surface area contributed by atoms with Gasteiger partial charge in [-0.05, 0) is 36.4 Å². The Labute approximate surface area is 183 Å². The molecule has 10 heteroatoms. The lowest BCUT2D eigenvalue weighted by molar-refractivity contribution is -0.139. The molecule has 0 aliphatic heterocycles. The van der Waals surface area contributed by atoms with Crippen molar-refractivity contribution in [3.05, 3.63) is 84.4 Å². The fourth-order valence-electron chi connectivity index (χ4n) is 3.49. The highest BCUT2D eigenvalue weighted by molar-refractivity contribution is 5.89. The second kappa shape index (κ2) is 7.73. The van der Waals surface area contributed by atoms with E-state index in [-0.39, 0.29) is 17.0 Å². The van der Waals surface area contributed by atoms with Gasteiger partial charge in [0, 0.05) is 40.8 Å². The van der Waals surface area contributed by atoms with Gasteiger partial charge in [-0.2, -0.15) is 13.2 Å². The first kappa shape index (κ1) is 20.7. The molecule has 0 bridgehead atoms. The van der Waals surface area contributed by atoms with E-state index in [1.165, 1.54) is 12.3 Å². The zero-order valence-corrected chi connectivity index (χ0v) is 16.5. The second-order valence-electron chi connectivity index (χ2n) is 7.13. The summed E-state index contributed by atoms with van der Waals surface area (Å²) in [4.78, 5) is 19.7. The number of hydrogen-bond acceptors (Lipinski definition) is 4. The van der Waals surface area contributed by atoms with Gasteiger partial charge in [-0.1, -0.05) is 6.07 Å². The number of pyridine rings is 3. The van der Waals surface area contributed by atoms with Crippen LogP contribution in [-0.4, -0.2) is 24.9 Å². The molecule has 5 rings (SSSR count). The maximum Gasteiger partial charge on any atom is 0.419 e. The molecule has 0 fully saturated rings. The molecule has 4 heterocycles. The fraction of sp³-hybridized carbons (Fsp3) is 0.0435. The van der Waals surface area contributed by atoms with Gasteiger partial charge in [0.05, 0.1) is 17.5 Å². The Hall–Kier alpha value is -4.21. The summed E-state index contributed by atoms with van der Waals surface area (Å²) in [6.45, 7) is 0. The van der Waals surface area contributed by atoms with Gasteiger partial charge in [0.2, 0.25) is 0 Å². The summed E-state index contributed by atoms with van der Waals surface area (Å²) in [7, 11) is 0. The molecule has 0 atom stereocenters. The van der Waals surface area contributed by atoms with Crippen molar-refractivity contribution in [2.24, 2.45) is 0 Å². The molecule has 0 saturated heterocycles. The van der Waals surface area contributed by atoms with Crippen LogP contribution in [0.4, 0.5) is 22.0 Å². The average molecular weight is 453 g/mol. The molecule has 0 unspecified atom stereocenters. The molecule has 0 amide bonds. The number of alkyl halides is 3. The van der Waals surface area contributed by atoms with E-state index in [1.807, 2.05) is 0 Å². The van der Waals surface area contributed by atoms with Crippen LogP contribution < -0.4 is 0 Å². The highest BCUT2D eigenvalue weighted by atomic mass is 19.4. The van der Waals surface area contributed by atoms with E-state index >= 15 is 0 Å². The van der Waals surface area contributed by atoms with Crippen LogP contribution in [0.3, 0.4) is 0 Å². The fourth-order valence-corrected chi connectivity index (χ4v) is 3.49. The molecule has 4 aromatic heterocycles. The predicted molar refractivity (Wildman–Crippen MR) is 111 cm³/mol. The van der Waals surface area contributed by atoms with Crippen molar-refractivity contribution in [3.63, 3.8) is 0 Å². The van der Waals surface area contributed by atoms with E-state index < -0.39 is 23.4 Å². The lowest BCUT2D eigenvalue weighted by Gasteiger charge is -2.09. The Morgan fingerprint density at radius 1 is 0.758 bits per heavy atom. The number of nitrogens with one attached hydrogen (secondary N) is 1. The molecule has 0 spiro atoms. The van der Waals surface area contributed by atoms with Crippen LogP contribution in [0.15, 0.2) is 67.3 Å². The minimum absolute atomic E-state index is 0.109. The minimum atomic E-state index is -4.81. The number of aromatic nitrogens is 5. The lowest BCUT2D eigenvalue weighted by atomic mass is 10.0. The van der Waals surface area contributed by atoms with Crippen LogP contribution >= 0.6 is 0 Å². The molecule has 0 aliphatic carbocycles. The van der Waals surface area contributed by atoms with E-state index in [0.29, 0.717) is 34.1 Å². The van der Waals surface area contributed by atoms with Gasteiger partial charge in [0.25, 0.3) is 0 Å². The molecular weight excluding hydrogens is 441 g/mol. The molecule has 5 nitrogen and oxygen atoms in total. The van der Waals surface area contributed by atoms with Crippen LogP contribution in [0.25, 0.3) is 44.9 Å². The number of aromatic amines is 1. The van der Waals surface area contributed by atoms with Gasteiger partial charge in [-0.3, -0.25) is 9.97 Å². The number of halogens is 5.